The molecule has 0 atom stereocenters. The standard InChI is InChI=1S/C22H22N2O4/c1-23-21(26)18-8-7-16(13-19(18)22(23)27)20(25)24-11-9-15(10-12-24)14-28-17-5-3-2-4-6-17/h2-8,13,15H,9-12,14H2,1H3. The molecule has 2 aliphatic heterocycles. The van der Waals surface area contributed by atoms with Crippen LogP contribution in [-0.4, -0.2) is 54.3 Å². The molecule has 0 N–H and O–H groups in total. The lowest BCUT2D eigenvalue weighted by Gasteiger charge is -2.32. The summed E-state index contributed by atoms with van der Waals surface area (Å²) in [6.45, 7) is 1.96. The molecule has 1 saturated heterocycles. The van der Waals surface area contributed by atoms with Crippen molar-refractivity contribution in [2.24, 2.45) is 5.92 Å². The number of carbonyl (C=O) groups is 3. The molecule has 28 heavy (non-hydrogen) atoms. The molecule has 0 unspecified atom stereocenters. The number of fused-ring (bicyclic) bond motifs is 1. The highest BCUT2D eigenvalue weighted by Gasteiger charge is 2.34. The van der Waals surface area contributed by atoms with Crippen LogP contribution in [-0.2, 0) is 0 Å². The minimum Gasteiger partial charge on any atom is -0.493 e. The van der Waals surface area contributed by atoms with Crippen LogP contribution in [0.1, 0.15) is 43.9 Å². The molecule has 3 amide bonds. The van der Waals surface area contributed by atoms with E-state index in [2.05, 4.69) is 0 Å². The van der Waals surface area contributed by atoms with Crippen molar-refractivity contribution in [2.45, 2.75) is 12.8 Å². The zero-order valence-corrected chi connectivity index (χ0v) is 15.8. The summed E-state index contributed by atoms with van der Waals surface area (Å²) in [5.74, 6) is 0.505. The molecule has 0 aromatic heterocycles. The molecule has 1 fully saturated rings. The van der Waals surface area contributed by atoms with Crippen LogP contribution in [0.4, 0.5) is 0 Å². The number of para-hydroxylation sites is 1. The van der Waals surface area contributed by atoms with Gasteiger partial charge in [-0.15, -0.1) is 0 Å². The third-order valence-electron chi connectivity index (χ3n) is 5.47. The molecule has 6 nitrogen and oxygen atoms in total. The molecule has 2 aliphatic rings. The Hall–Kier alpha value is -3.15. The van der Waals surface area contributed by atoms with Crippen molar-refractivity contribution in [3.8, 4) is 5.75 Å². The zero-order valence-electron chi connectivity index (χ0n) is 15.8. The van der Waals surface area contributed by atoms with Gasteiger partial charge in [0.1, 0.15) is 5.75 Å². The Labute approximate surface area is 163 Å². The van der Waals surface area contributed by atoms with E-state index in [-0.39, 0.29) is 17.7 Å². The molecule has 0 radical (unpaired) electrons. The average molecular weight is 378 g/mol. The van der Waals surface area contributed by atoms with E-state index in [1.807, 2.05) is 35.2 Å². The number of imide groups is 1. The van der Waals surface area contributed by atoms with Crippen molar-refractivity contribution in [3.05, 3.63) is 65.2 Å². The lowest BCUT2D eigenvalue weighted by atomic mass is 9.96. The lowest BCUT2D eigenvalue weighted by Crippen LogP contribution is -2.39. The first-order valence-corrected chi connectivity index (χ1v) is 9.48. The summed E-state index contributed by atoms with van der Waals surface area (Å²) in [5.41, 5.74) is 1.12. The highest BCUT2D eigenvalue weighted by Crippen LogP contribution is 2.25. The van der Waals surface area contributed by atoms with E-state index in [9.17, 15) is 14.4 Å². The van der Waals surface area contributed by atoms with Gasteiger partial charge in [-0.05, 0) is 49.1 Å². The van der Waals surface area contributed by atoms with Gasteiger partial charge >= 0.3 is 0 Å². The zero-order chi connectivity index (χ0) is 19.7. The van der Waals surface area contributed by atoms with Gasteiger partial charge in [-0.1, -0.05) is 18.2 Å². The van der Waals surface area contributed by atoms with E-state index >= 15 is 0 Å². The molecule has 2 aromatic rings. The van der Waals surface area contributed by atoms with Crippen molar-refractivity contribution in [1.82, 2.24) is 9.80 Å². The van der Waals surface area contributed by atoms with Gasteiger partial charge in [0.05, 0.1) is 17.7 Å². The molecule has 2 aromatic carbocycles. The quantitative estimate of drug-likeness (QED) is 0.768. The Morgan fingerprint density at radius 1 is 1.00 bits per heavy atom. The smallest absolute Gasteiger partial charge is 0.261 e. The summed E-state index contributed by atoms with van der Waals surface area (Å²) in [4.78, 5) is 39.9. The van der Waals surface area contributed by atoms with Crippen LogP contribution in [0.2, 0.25) is 0 Å². The Kier molecular flexibility index (Phi) is 4.86. The molecule has 0 spiro atoms. The fourth-order valence-corrected chi connectivity index (χ4v) is 3.71. The maximum Gasteiger partial charge on any atom is 0.261 e. The van der Waals surface area contributed by atoms with Crippen LogP contribution < -0.4 is 4.74 Å². The number of piperidine rings is 1. The Morgan fingerprint density at radius 2 is 1.68 bits per heavy atom. The number of carbonyl (C=O) groups excluding carboxylic acids is 3. The van der Waals surface area contributed by atoms with E-state index in [0.29, 0.717) is 42.3 Å². The fourth-order valence-electron chi connectivity index (χ4n) is 3.71. The van der Waals surface area contributed by atoms with E-state index in [1.165, 1.54) is 7.05 Å². The number of amides is 3. The molecule has 4 rings (SSSR count). The van der Waals surface area contributed by atoms with Crippen LogP contribution >= 0.6 is 0 Å². The van der Waals surface area contributed by atoms with E-state index < -0.39 is 0 Å². The van der Waals surface area contributed by atoms with Crippen molar-refractivity contribution in [3.63, 3.8) is 0 Å². The Morgan fingerprint density at radius 3 is 2.39 bits per heavy atom. The molecule has 2 heterocycles. The van der Waals surface area contributed by atoms with Gasteiger partial charge in [0, 0.05) is 25.7 Å². The first-order valence-electron chi connectivity index (χ1n) is 9.48. The molecular weight excluding hydrogens is 356 g/mol. The van der Waals surface area contributed by atoms with Gasteiger partial charge in [0.25, 0.3) is 17.7 Å². The molecular formula is C22H22N2O4. The molecule has 6 heteroatoms. The van der Waals surface area contributed by atoms with Gasteiger partial charge in [0.2, 0.25) is 0 Å². The summed E-state index contributed by atoms with van der Waals surface area (Å²) < 4.78 is 5.83. The highest BCUT2D eigenvalue weighted by atomic mass is 16.5. The van der Waals surface area contributed by atoms with E-state index in [4.69, 9.17) is 4.74 Å². The summed E-state index contributed by atoms with van der Waals surface area (Å²) in [6.07, 6.45) is 1.76. The first-order chi connectivity index (χ1) is 13.5. The summed E-state index contributed by atoms with van der Waals surface area (Å²) in [6, 6.07) is 14.5. The molecule has 144 valence electrons. The maximum absolute atomic E-state index is 12.8. The molecule has 0 saturated carbocycles. The van der Waals surface area contributed by atoms with Gasteiger partial charge in [0.15, 0.2) is 0 Å². The van der Waals surface area contributed by atoms with Crippen LogP contribution in [0, 0.1) is 5.92 Å². The number of hydrogen-bond donors (Lipinski definition) is 0. The minimum atomic E-state index is -0.355. The lowest BCUT2D eigenvalue weighted by molar-refractivity contribution is 0.0659. The molecule has 0 aliphatic carbocycles. The topological polar surface area (TPSA) is 66.9 Å². The third-order valence-corrected chi connectivity index (χ3v) is 5.47. The second-order valence-electron chi connectivity index (χ2n) is 7.29. The largest absolute Gasteiger partial charge is 0.493 e. The number of nitrogens with zero attached hydrogens (tertiary/aromatic N) is 2. The van der Waals surface area contributed by atoms with Gasteiger partial charge < -0.3 is 9.64 Å². The van der Waals surface area contributed by atoms with Crippen molar-refractivity contribution in [2.75, 3.05) is 26.7 Å². The second-order valence-corrected chi connectivity index (χ2v) is 7.29. The number of rotatable bonds is 4. The Bertz CT molecular complexity index is 917. The minimum absolute atomic E-state index is 0.0972. The number of likely N-dealkylation sites (tertiary alicyclic amines) is 1. The predicted molar refractivity (Wildman–Crippen MR) is 103 cm³/mol. The maximum atomic E-state index is 12.8. The second kappa shape index (κ2) is 7.46. The van der Waals surface area contributed by atoms with E-state index in [0.717, 1.165) is 23.5 Å². The van der Waals surface area contributed by atoms with Crippen molar-refractivity contribution < 1.29 is 19.1 Å². The highest BCUT2D eigenvalue weighted by molar-refractivity contribution is 6.21. The monoisotopic (exact) mass is 378 g/mol. The number of benzene rings is 2. The predicted octanol–water partition coefficient (Wildman–Crippen LogP) is 2.84. The first kappa shape index (κ1) is 18.2. The summed E-state index contributed by atoms with van der Waals surface area (Å²) in [7, 11) is 1.45. The van der Waals surface area contributed by atoms with Crippen molar-refractivity contribution in [1.29, 1.82) is 0 Å². The van der Waals surface area contributed by atoms with E-state index in [1.54, 1.807) is 18.2 Å². The van der Waals surface area contributed by atoms with Crippen LogP contribution in [0.15, 0.2) is 48.5 Å². The van der Waals surface area contributed by atoms with Gasteiger partial charge in [-0.25, -0.2) is 0 Å². The SMILES string of the molecule is CN1C(=O)c2ccc(C(=O)N3CCC(COc4ccccc4)CC3)cc2C1=O. The average Bonchev–Trinajstić information content (AvgIpc) is 2.96. The number of hydrogen-bond acceptors (Lipinski definition) is 4. The van der Waals surface area contributed by atoms with Crippen LogP contribution in [0.5, 0.6) is 5.75 Å². The fraction of sp³-hybridized carbons (Fsp3) is 0.318. The third kappa shape index (κ3) is 3.38. The van der Waals surface area contributed by atoms with Gasteiger partial charge in [-0.3, -0.25) is 19.3 Å². The van der Waals surface area contributed by atoms with Crippen LogP contribution in [0.3, 0.4) is 0 Å². The Balaban J connectivity index is 1.36. The molecule has 0 bridgehead atoms. The number of ether oxygens (including phenoxy) is 1. The van der Waals surface area contributed by atoms with Gasteiger partial charge in [-0.2, -0.15) is 0 Å². The normalized spacial score (nSPS) is 17.0. The van der Waals surface area contributed by atoms with Crippen molar-refractivity contribution >= 4 is 17.7 Å². The summed E-state index contributed by atoms with van der Waals surface area (Å²) >= 11 is 0. The van der Waals surface area contributed by atoms with Crippen LogP contribution in [0.25, 0.3) is 0 Å². The summed E-state index contributed by atoms with van der Waals surface area (Å²) in [5, 5.41) is 0.